The van der Waals surface area contributed by atoms with Gasteiger partial charge in [0.15, 0.2) is 0 Å². The van der Waals surface area contributed by atoms with Crippen LogP contribution < -0.4 is 5.32 Å². The Hall–Kier alpha value is -0.780. The second kappa shape index (κ2) is 6.33. The van der Waals surface area contributed by atoms with Crippen LogP contribution in [0.2, 0.25) is 0 Å². The zero-order chi connectivity index (χ0) is 14.8. The van der Waals surface area contributed by atoms with Gasteiger partial charge in [0.1, 0.15) is 0 Å². The molecule has 0 bridgehead atoms. The molecule has 6 heteroatoms. The van der Waals surface area contributed by atoms with E-state index in [0.29, 0.717) is 25.7 Å². The Labute approximate surface area is 116 Å². The van der Waals surface area contributed by atoms with Crippen LogP contribution in [0.1, 0.15) is 51.4 Å². The summed E-state index contributed by atoms with van der Waals surface area (Å²) in [5.74, 6) is -2.24. The predicted molar refractivity (Wildman–Crippen MR) is 67.9 cm³/mol. The maximum Gasteiger partial charge on any atom is 0.391 e. The molecule has 0 aromatic carbocycles. The lowest BCUT2D eigenvalue weighted by molar-refractivity contribution is -0.186. The van der Waals surface area contributed by atoms with Gasteiger partial charge in [-0.1, -0.05) is 19.3 Å². The molecular formula is C14H22F3NO2. The molecule has 4 unspecified atom stereocenters. The topological polar surface area (TPSA) is 49.3 Å². The lowest BCUT2D eigenvalue weighted by Crippen LogP contribution is -2.48. The van der Waals surface area contributed by atoms with Crippen molar-refractivity contribution in [1.29, 1.82) is 0 Å². The number of hydrogen-bond donors (Lipinski definition) is 2. The van der Waals surface area contributed by atoms with Crippen LogP contribution in [0.5, 0.6) is 0 Å². The van der Waals surface area contributed by atoms with E-state index in [1.165, 1.54) is 0 Å². The molecule has 2 aliphatic carbocycles. The third-order valence-electron chi connectivity index (χ3n) is 4.57. The zero-order valence-electron chi connectivity index (χ0n) is 11.5. The standard InChI is InChI=1S/C14H22F3NO2/c15-14(16,17)10-5-3-4-9(8-10)13(20)18-11-6-1-2-7-12(11)19/h9-12,19H,1-8H2,(H,18,20). The van der Waals surface area contributed by atoms with Gasteiger partial charge in [0.05, 0.1) is 18.1 Å². The summed E-state index contributed by atoms with van der Waals surface area (Å²) in [5.41, 5.74) is 0. The lowest BCUT2D eigenvalue weighted by Gasteiger charge is -2.33. The quantitative estimate of drug-likeness (QED) is 0.822. The Kier molecular flexibility index (Phi) is 4.94. The van der Waals surface area contributed by atoms with Crippen molar-refractivity contribution in [1.82, 2.24) is 5.32 Å². The first kappa shape index (κ1) is 15.6. The number of aliphatic hydroxyl groups excluding tert-OH is 1. The van der Waals surface area contributed by atoms with Crippen LogP contribution in [0, 0.1) is 11.8 Å². The van der Waals surface area contributed by atoms with Crippen LogP contribution >= 0.6 is 0 Å². The summed E-state index contributed by atoms with van der Waals surface area (Å²) in [5, 5.41) is 12.6. The molecule has 4 atom stereocenters. The third kappa shape index (κ3) is 3.87. The highest BCUT2D eigenvalue weighted by Gasteiger charge is 2.43. The number of aliphatic hydroxyl groups is 1. The van der Waals surface area contributed by atoms with Crippen molar-refractivity contribution in [3.05, 3.63) is 0 Å². The maximum atomic E-state index is 12.7. The first-order valence-electron chi connectivity index (χ1n) is 7.43. The van der Waals surface area contributed by atoms with E-state index in [-0.39, 0.29) is 24.8 Å². The lowest BCUT2D eigenvalue weighted by atomic mass is 9.80. The molecule has 3 nitrogen and oxygen atoms in total. The summed E-state index contributed by atoms with van der Waals surface area (Å²) >= 11 is 0. The zero-order valence-corrected chi connectivity index (χ0v) is 11.5. The van der Waals surface area contributed by atoms with E-state index in [4.69, 9.17) is 0 Å². The Balaban J connectivity index is 1.88. The second-order valence-corrected chi connectivity index (χ2v) is 6.07. The van der Waals surface area contributed by atoms with E-state index in [9.17, 15) is 23.1 Å². The van der Waals surface area contributed by atoms with Crippen molar-refractivity contribution in [2.75, 3.05) is 0 Å². The highest BCUT2D eigenvalue weighted by Crippen LogP contribution is 2.40. The number of hydrogen-bond acceptors (Lipinski definition) is 2. The second-order valence-electron chi connectivity index (χ2n) is 6.07. The largest absolute Gasteiger partial charge is 0.391 e. The van der Waals surface area contributed by atoms with E-state index in [0.717, 1.165) is 12.8 Å². The van der Waals surface area contributed by atoms with Crippen molar-refractivity contribution in [2.24, 2.45) is 11.8 Å². The molecule has 2 saturated carbocycles. The molecule has 0 aliphatic heterocycles. The molecule has 0 radical (unpaired) electrons. The van der Waals surface area contributed by atoms with Crippen LogP contribution in [0.25, 0.3) is 0 Å². The molecule has 2 aliphatic rings. The van der Waals surface area contributed by atoms with Crippen molar-refractivity contribution in [3.63, 3.8) is 0 Å². The van der Waals surface area contributed by atoms with Crippen LogP contribution in [0.15, 0.2) is 0 Å². The van der Waals surface area contributed by atoms with Crippen molar-refractivity contribution in [2.45, 2.75) is 69.7 Å². The molecule has 2 fully saturated rings. The minimum absolute atomic E-state index is 0.113. The number of carbonyl (C=O) groups excluding carboxylic acids is 1. The summed E-state index contributed by atoms with van der Waals surface area (Å²) < 4.78 is 38.2. The number of alkyl halides is 3. The Morgan fingerprint density at radius 3 is 2.40 bits per heavy atom. The molecule has 2 rings (SSSR count). The molecular weight excluding hydrogens is 271 g/mol. The van der Waals surface area contributed by atoms with Crippen LogP contribution in [-0.4, -0.2) is 29.3 Å². The van der Waals surface area contributed by atoms with E-state index in [1.807, 2.05) is 0 Å². The minimum Gasteiger partial charge on any atom is -0.391 e. The summed E-state index contributed by atoms with van der Waals surface area (Å²) in [4.78, 5) is 12.1. The first-order valence-corrected chi connectivity index (χ1v) is 7.43. The van der Waals surface area contributed by atoms with E-state index in [2.05, 4.69) is 5.32 Å². The smallest absolute Gasteiger partial charge is 0.391 e. The van der Waals surface area contributed by atoms with Gasteiger partial charge >= 0.3 is 6.18 Å². The van der Waals surface area contributed by atoms with Gasteiger partial charge in [-0.05, 0) is 32.1 Å². The van der Waals surface area contributed by atoms with Gasteiger partial charge < -0.3 is 10.4 Å². The fourth-order valence-corrected chi connectivity index (χ4v) is 3.31. The number of amides is 1. The van der Waals surface area contributed by atoms with Crippen molar-refractivity contribution < 1.29 is 23.1 Å². The minimum atomic E-state index is -4.21. The average Bonchev–Trinajstić information content (AvgIpc) is 2.40. The maximum absolute atomic E-state index is 12.7. The monoisotopic (exact) mass is 293 g/mol. The van der Waals surface area contributed by atoms with E-state index < -0.39 is 24.1 Å². The van der Waals surface area contributed by atoms with Gasteiger partial charge in [-0.15, -0.1) is 0 Å². The van der Waals surface area contributed by atoms with E-state index in [1.54, 1.807) is 0 Å². The van der Waals surface area contributed by atoms with Gasteiger partial charge in [0, 0.05) is 5.92 Å². The first-order chi connectivity index (χ1) is 9.38. The fraction of sp³-hybridized carbons (Fsp3) is 0.929. The Morgan fingerprint density at radius 2 is 1.75 bits per heavy atom. The van der Waals surface area contributed by atoms with Gasteiger partial charge in [0.2, 0.25) is 5.91 Å². The van der Waals surface area contributed by atoms with Crippen LogP contribution in [0.3, 0.4) is 0 Å². The molecule has 0 spiro atoms. The SMILES string of the molecule is O=C(NC1CCCCC1O)C1CCCC(C(F)(F)F)C1. The Bertz CT molecular complexity index is 346. The highest BCUT2D eigenvalue weighted by atomic mass is 19.4. The van der Waals surface area contributed by atoms with Gasteiger partial charge in [-0.2, -0.15) is 13.2 Å². The molecule has 0 heterocycles. The van der Waals surface area contributed by atoms with Crippen LogP contribution in [0.4, 0.5) is 13.2 Å². The molecule has 2 N–H and O–H groups in total. The average molecular weight is 293 g/mol. The summed E-state index contributed by atoms with van der Waals surface area (Å²) in [7, 11) is 0. The molecule has 1 amide bonds. The molecule has 116 valence electrons. The van der Waals surface area contributed by atoms with Crippen molar-refractivity contribution in [3.8, 4) is 0 Å². The molecule has 0 saturated heterocycles. The van der Waals surface area contributed by atoms with Gasteiger partial charge in [-0.25, -0.2) is 0 Å². The summed E-state index contributed by atoms with van der Waals surface area (Å²) in [6, 6.07) is -0.289. The fourth-order valence-electron chi connectivity index (χ4n) is 3.31. The number of carbonyl (C=O) groups is 1. The molecule has 20 heavy (non-hydrogen) atoms. The van der Waals surface area contributed by atoms with E-state index >= 15 is 0 Å². The third-order valence-corrected chi connectivity index (χ3v) is 4.57. The number of halogens is 3. The Morgan fingerprint density at radius 1 is 1.05 bits per heavy atom. The molecule has 0 aromatic heterocycles. The highest BCUT2D eigenvalue weighted by molar-refractivity contribution is 5.79. The normalized spacial score (nSPS) is 35.6. The number of nitrogens with one attached hydrogen (secondary N) is 1. The summed E-state index contributed by atoms with van der Waals surface area (Å²) in [6.07, 6.45) is -0.555. The van der Waals surface area contributed by atoms with Gasteiger partial charge in [-0.3, -0.25) is 4.79 Å². The summed E-state index contributed by atoms with van der Waals surface area (Å²) in [6.45, 7) is 0. The van der Waals surface area contributed by atoms with Crippen molar-refractivity contribution >= 4 is 5.91 Å². The predicted octanol–water partition coefficient (Wildman–Crippen LogP) is 2.77. The molecule has 0 aromatic rings. The van der Waals surface area contributed by atoms with Crippen LogP contribution in [-0.2, 0) is 4.79 Å². The van der Waals surface area contributed by atoms with Gasteiger partial charge in [0.25, 0.3) is 0 Å². The number of rotatable bonds is 2.